The highest BCUT2D eigenvalue weighted by Crippen LogP contribution is 2.24. The van der Waals surface area contributed by atoms with E-state index in [1.807, 2.05) is 42.1 Å². The van der Waals surface area contributed by atoms with E-state index in [1.54, 1.807) is 13.1 Å². The van der Waals surface area contributed by atoms with Crippen LogP contribution < -0.4 is 10.1 Å². The molecule has 0 unspecified atom stereocenters. The molecule has 1 atom stereocenters. The molecule has 1 aromatic carbocycles. The van der Waals surface area contributed by atoms with Crippen molar-refractivity contribution in [2.24, 2.45) is 7.05 Å². The van der Waals surface area contributed by atoms with E-state index >= 15 is 0 Å². The van der Waals surface area contributed by atoms with Crippen molar-refractivity contribution >= 4 is 21.8 Å². The van der Waals surface area contributed by atoms with Crippen LogP contribution in [0.5, 0.6) is 5.75 Å². The molecule has 2 rings (SSSR count). The van der Waals surface area contributed by atoms with Gasteiger partial charge in [0.15, 0.2) is 6.10 Å². The van der Waals surface area contributed by atoms with Crippen LogP contribution in [0.15, 0.2) is 41.1 Å². The molecule has 1 aromatic heterocycles. The summed E-state index contributed by atoms with van der Waals surface area (Å²) < 4.78 is 8.30. The highest BCUT2D eigenvalue weighted by Gasteiger charge is 2.16. The number of ether oxygens (including phenoxy) is 1. The molecule has 1 N–H and O–H groups in total. The van der Waals surface area contributed by atoms with Crippen molar-refractivity contribution in [1.82, 2.24) is 14.9 Å². The Balaban J connectivity index is 1.89. The molecular weight excluding hydrogens is 322 g/mol. The minimum absolute atomic E-state index is 0.177. The number of hydrogen-bond donors (Lipinski definition) is 1. The normalized spacial score (nSPS) is 11.9. The lowest BCUT2D eigenvalue weighted by atomic mass is 10.3. The molecule has 0 aliphatic carbocycles. The maximum Gasteiger partial charge on any atom is 0.261 e. The molecule has 0 saturated heterocycles. The van der Waals surface area contributed by atoms with Crippen LogP contribution in [0.1, 0.15) is 12.7 Å². The van der Waals surface area contributed by atoms with E-state index in [-0.39, 0.29) is 5.91 Å². The first-order valence-electron chi connectivity index (χ1n) is 6.23. The van der Waals surface area contributed by atoms with E-state index in [1.165, 1.54) is 0 Å². The van der Waals surface area contributed by atoms with Gasteiger partial charge in [-0.05, 0) is 35.0 Å². The number of halogens is 1. The molecule has 0 spiro atoms. The predicted octanol–water partition coefficient (Wildman–Crippen LogP) is 2.27. The van der Waals surface area contributed by atoms with Gasteiger partial charge in [0, 0.05) is 19.4 Å². The van der Waals surface area contributed by atoms with Crippen molar-refractivity contribution in [2.75, 3.05) is 0 Å². The number of hydrogen-bond acceptors (Lipinski definition) is 3. The van der Waals surface area contributed by atoms with Crippen LogP contribution in [0.3, 0.4) is 0 Å². The molecule has 106 valence electrons. The number of nitrogens with zero attached hydrogens (tertiary/aromatic N) is 2. The fourth-order valence-corrected chi connectivity index (χ4v) is 2.04. The van der Waals surface area contributed by atoms with Crippen LogP contribution in [-0.2, 0) is 18.4 Å². The Bertz CT molecular complexity index is 598. The average Bonchev–Trinajstić information content (AvgIpc) is 2.84. The van der Waals surface area contributed by atoms with Gasteiger partial charge in [-0.1, -0.05) is 12.1 Å². The van der Waals surface area contributed by atoms with Gasteiger partial charge in [-0.25, -0.2) is 4.98 Å². The Morgan fingerprint density at radius 3 is 2.90 bits per heavy atom. The standard InChI is InChI=1S/C14H16BrN3O2/c1-10(20-12-6-4-3-5-11(12)15)14(19)17-9-13-16-7-8-18(13)2/h3-8,10H,9H2,1-2H3,(H,17,19)/t10-/m1/s1. The smallest absolute Gasteiger partial charge is 0.261 e. The molecule has 1 amide bonds. The molecule has 0 bridgehead atoms. The summed E-state index contributed by atoms with van der Waals surface area (Å²) in [5, 5.41) is 2.80. The molecule has 20 heavy (non-hydrogen) atoms. The van der Waals surface area contributed by atoms with E-state index in [9.17, 15) is 4.79 Å². The summed E-state index contributed by atoms with van der Waals surface area (Å²) in [6.45, 7) is 2.10. The number of carbonyl (C=O) groups is 1. The second-order valence-electron chi connectivity index (χ2n) is 4.36. The first-order valence-corrected chi connectivity index (χ1v) is 7.02. The maximum absolute atomic E-state index is 12.0. The average molecular weight is 338 g/mol. The molecule has 5 nitrogen and oxygen atoms in total. The fraction of sp³-hybridized carbons (Fsp3) is 0.286. The Morgan fingerprint density at radius 2 is 2.25 bits per heavy atom. The zero-order chi connectivity index (χ0) is 14.5. The summed E-state index contributed by atoms with van der Waals surface area (Å²) in [6, 6.07) is 7.43. The first-order chi connectivity index (χ1) is 9.58. The van der Waals surface area contributed by atoms with Gasteiger partial charge in [-0.15, -0.1) is 0 Å². The number of carbonyl (C=O) groups excluding carboxylic acids is 1. The predicted molar refractivity (Wildman–Crippen MR) is 79.3 cm³/mol. The van der Waals surface area contributed by atoms with Crippen LogP contribution in [0.4, 0.5) is 0 Å². The molecule has 6 heteroatoms. The van der Waals surface area contributed by atoms with Gasteiger partial charge in [-0.3, -0.25) is 4.79 Å². The maximum atomic E-state index is 12.0. The number of aromatic nitrogens is 2. The van der Waals surface area contributed by atoms with E-state index in [0.717, 1.165) is 10.3 Å². The summed E-state index contributed by atoms with van der Waals surface area (Å²) >= 11 is 3.38. The van der Waals surface area contributed by atoms with Gasteiger partial charge in [0.25, 0.3) is 5.91 Å². The number of benzene rings is 1. The van der Waals surface area contributed by atoms with Gasteiger partial charge in [0.1, 0.15) is 11.6 Å². The Hall–Kier alpha value is -1.82. The Morgan fingerprint density at radius 1 is 1.50 bits per heavy atom. The van der Waals surface area contributed by atoms with Crippen LogP contribution in [-0.4, -0.2) is 21.6 Å². The van der Waals surface area contributed by atoms with Crippen LogP contribution in [0.2, 0.25) is 0 Å². The van der Waals surface area contributed by atoms with Gasteiger partial charge in [-0.2, -0.15) is 0 Å². The largest absolute Gasteiger partial charge is 0.480 e. The molecule has 2 aromatic rings. The zero-order valence-corrected chi connectivity index (χ0v) is 12.9. The molecule has 0 saturated carbocycles. The van der Waals surface area contributed by atoms with Crippen molar-refractivity contribution in [3.8, 4) is 5.75 Å². The first kappa shape index (κ1) is 14.6. The van der Waals surface area contributed by atoms with E-state index < -0.39 is 6.10 Å². The highest BCUT2D eigenvalue weighted by molar-refractivity contribution is 9.10. The molecule has 0 fully saturated rings. The second kappa shape index (κ2) is 6.56. The molecule has 0 aliphatic heterocycles. The van der Waals surface area contributed by atoms with Crippen LogP contribution in [0, 0.1) is 0 Å². The third-order valence-electron chi connectivity index (χ3n) is 2.85. The third kappa shape index (κ3) is 3.60. The van der Waals surface area contributed by atoms with Gasteiger partial charge in [0.2, 0.25) is 0 Å². The molecule has 0 aliphatic rings. The van der Waals surface area contributed by atoms with Gasteiger partial charge in [0.05, 0.1) is 11.0 Å². The Labute approximate surface area is 126 Å². The van der Waals surface area contributed by atoms with Gasteiger partial charge >= 0.3 is 0 Å². The van der Waals surface area contributed by atoms with Crippen molar-refractivity contribution in [1.29, 1.82) is 0 Å². The zero-order valence-electron chi connectivity index (χ0n) is 11.3. The van der Waals surface area contributed by atoms with Crippen molar-refractivity contribution in [2.45, 2.75) is 19.6 Å². The van der Waals surface area contributed by atoms with Crippen LogP contribution >= 0.6 is 15.9 Å². The monoisotopic (exact) mass is 337 g/mol. The minimum Gasteiger partial charge on any atom is -0.480 e. The highest BCUT2D eigenvalue weighted by atomic mass is 79.9. The molecule has 0 radical (unpaired) electrons. The molecule has 1 heterocycles. The number of aryl methyl sites for hydroxylation is 1. The quantitative estimate of drug-likeness (QED) is 0.910. The second-order valence-corrected chi connectivity index (χ2v) is 5.22. The number of imidazole rings is 1. The van der Waals surface area contributed by atoms with E-state index in [4.69, 9.17) is 4.74 Å². The number of rotatable bonds is 5. The van der Waals surface area contributed by atoms with Crippen molar-refractivity contribution < 1.29 is 9.53 Å². The van der Waals surface area contributed by atoms with Crippen LogP contribution in [0.25, 0.3) is 0 Å². The SMILES string of the molecule is C[C@@H](Oc1ccccc1Br)C(=O)NCc1nccn1C. The summed E-state index contributed by atoms with van der Waals surface area (Å²) in [5.74, 6) is 1.27. The fourth-order valence-electron chi connectivity index (χ4n) is 1.66. The lowest BCUT2D eigenvalue weighted by Crippen LogP contribution is -2.36. The van der Waals surface area contributed by atoms with Gasteiger partial charge < -0.3 is 14.6 Å². The third-order valence-corrected chi connectivity index (χ3v) is 3.51. The van der Waals surface area contributed by atoms with Crippen molar-refractivity contribution in [3.63, 3.8) is 0 Å². The lowest BCUT2D eigenvalue weighted by Gasteiger charge is -2.15. The summed E-state index contributed by atoms with van der Waals surface area (Å²) in [4.78, 5) is 16.1. The molecular formula is C14H16BrN3O2. The number of nitrogens with one attached hydrogen (secondary N) is 1. The lowest BCUT2D eigenvalue weighted by molar-refractivity contribution is -0.127. The summed E-state index contributed by atoms with van der Waals surface area (Å²) in [6.07, 6.45) is 2.96. The minimum atomic E-state index is -0.575. The van der Waals surface area contributed by atoms with Crippen molar-refractivity contribution in [3.05, 3.63) is 47.0 Å². The van der Waals surface area contributed by atoms with E-state index in [2.05, 4.69) is 26.2 Å². The van der Waals surface area contributed by atoms with E-state index in [0.29, 0.717) is 12.3 Å². The summed E-state index contributed by atoms with van der Waals surface area (Å²) in [7, 11) is 1.88. The number of amides is 1. The Kier molecular flexibility index (Phi) is 4.79. The number of para-hydroxylation sites is 1. The summed E-state index contributed by atoms with van der Waals surface area (Å²) in [5.41, 5.74) is 0. The topological polar surface area (TPSA) is 56.1 Å².